The maximum absolute atomic E-state index is 12.2. The summed E-state index contributed by atoms with van der Waals surface area (Å²) in [7, 11) is 4.75. The van der Waals surface area contributed by atoms with Crippen molar-refractivity contribution in [2.24, 2.45) is 0 Å². The summed E-state index contributed by atoms with van der Waals surface area (Å²) in [5, 5.41) is 11.8. The number of hydrogen-bond acceptors (Lipinski definition) is 7. The summed E-state index contributed by atoms with van der Waals surface area (Å²) in [4.78, 5) is 12.2. The molecule has 0 aliphatic heterocycles. The van der Waals surface area contributed by atoms with E-state index in [0.717, 1.165) is 5.56 Å². The van der Waals surface area contributed by atoms with E-state index in [-0.39, 0.29) is 11.7 Å². The number of hydrogen-bond donors (Lipinski definition) is 1. The molecule has 1 heterocycles. The highest BCUT2D eigenvalue weighted by Crippen LogP contribution is 2.30. The fourth-order valence-electron chi connectivity index (χ4n) is 2.44. The van der Waals surface area contributed by atoms with Crippen molar-refractivity contribution in [1.29, 1.82) is 0 Å². The van der Waals surface area contributed by atoms with Crippen molar-refractivity contribution in [1.82, 2.24) is 20.1 Å². The minimum Gasteiger partial charge on any atom is -0.493 e. The molecule has 0 unspecified atom stereocenters. The molecule has 8 nitrogen and oxygen atoms in total. The van der Waals surface area contributed by atoms with Gasteiger partial charge in [0.25, 0.3) is 0 Å². The van der Waals surface area contributed by atoms with Crippen molar-refractivity contribution in [3.8, 4) is 11.5 Å². The first kappa shape index (κ1) is 20.8. The molecule has 1 N–H and O–H groups in total. The van der Waals surface area contributed by atoms with Gasteiger partial charge in [0, 0.05) is 25.8 Å². The van der Waals surface area contributed by atoms with Crippen LogP contribution >= 0.6 is 11.8 Å². The highest BCUT2D eigenvalue weighted by Gasteiger charge is 2.14. The lowest BCUT2D eigenvalue weighted by atomic mass is 10.2. The highest BCUT2D eigenvalue weighted by atomic mass is 32.2. The number of nitrogens with one attached hydrogen (secondary N) is 1. The lowest BCUT2D eigenvalue weighted by Gasteiger charge is -2.13. The zero-order chi connectivity index (χ0) is 19.6. The summed E-state index contributed by atoms with van der Waals surface area (Å²) in [5.41, 5.74) is 0.840. The first-order valence-electron chi connectivity index (χ1n) is 8.25. The van der Waals surface area contributed by atoms with Crippen LogP contribution in [0, 0.1) is 0 Å². The van der Waals surface area contributed by atoms with Gasteiger partial charge < -0.3 is 24.1 Å². The molecule has 0 saturated heterocycles. The number of aromatic nitrogens is 3. The second-order valence-corrected chi connectivity index (χ2v) is 6.39. The van der Waals surface area contributed by atoms with E-state index in [0.29, 0.717) is 42.2 Å². The Morgan fingerprint density at radius 2 is 2.11 bits per heavy atom. The zero-order valence-corrected chi connectivity index (χ0v) is 16.5. The van der Waals surface area contributed by atoms with E-state index in [1.165, 1.54) is 11.8 Å². The molecule has 0 bridgehead atoms. The van der Waals surface area contributed by atoms with Gasteiger partial charge in [0.05, 0.1) is 20.0 Å². The van der Waals surface area contributed by atoms with Gasteiger partial charge in [0.15, 0.2) is 22.5 Å². The Hall–Kier alpha value is -2.52. The Kier molecular flexibility index (Phi) is 8.15. The predicted octanol–water partition coefficient (Wildman–Crippen LogP) is 2.04. The van der Waals surface area contributed by atoms with Crippen LogP contribution in [0.4, 0.5) is 0 Å². The number of para-hydroxylation sites is 1. The van der Waals surface area contributed by atoms with Crippen molar-refractivity contribution in [3.63, 3.8) is 0 Å². The molecule has 0 saturated carbocycles. The number of benzene rings is 1. The van der Waals surface area contributed by atoms with E-state index in [1.54, 1.807) is 27.4 Å². The first-order chi connectivity index (χ1) is 13.1. The lowest BCUT2D eigenvalue weighted by Crippen LogP contribution is -2.25. The van der Waals surface area contributed by atoms with Crippen LogP contribution in [0.5, 0.6) is 11.5 Å². The highest BCUT2D eigenvalue weighted by molar-refractivity contribution is 7.99. The number of methoxy groups -OCH3 is 3. The average Bonchev–Trinajstić information content (AvgIpc) is 3.06. The molecule has 0 fully saturated rings. The first-order valence-corrected chi connectivity index (χ1v) is 9.24. The molecule has 27 heavy (non-hydrogen) atoms. The Bertz CT molecular complexity index is 779. The molecule has 1 aromatic carbocycles. The van der Waals surface area contributed by atoms with Crippen LogP contribution in [0.25, 0.3) is 0 Å². The van der Waals surface area contributed by atoms with Gasteiger partial charge in [-0.05, 0) is 6.07 Å². The van der Waals surface area contributed by atoms with E-state index in [1.807, 2.05) is 22.8 Å². The van der Waals surface area contributed by atoms with Gasteiger partial charge in [-0.1, -0.05) is 30.0 Å². The Morgan fingerprint density at radius 3 is 2.78 bits per heavy atom. The third kappa shape index (κ3) is 5.48. The third-order valence-electron chi connectivity index (χ3n) is 3.67. The summed E-state index contributed by atoms with van der Waals surface area (Å²) in [5.74, 6) is 2.03. The van der Waals surface area contributed by atoms with Crippen LogP contribution in [0.15, 0.2) is 36.0 Å². The maximum Gasteiger partial charge on any atom is 0.230 e. The summed E-state index contributed by atoms with van der Waals surface area (Å²) in [6.45, 7) is 4.98. The number of carbonyl (C=O) groups excluding carboxylic acids is 1. The molecule has 0 aliphatic carbocycles. The molecule has 146 valence electrons. The summed E-state index contributed by atoms with van der Waals surface area (Å²) in [6.07, 6.45) is 1.75. The number of ether oxygens (including phenoxy) is 3. The fraction of sp³-hybridized carbons (Fsp3) is 0.389. The molecular formula is C18H24N4O4S. The molecule has 2 aromatic rings. The fourth-order valence-corrected chi connectivity index (χ4v) is 3.24. The minimum atomic E-state index is -0.119. The van der Waals surface area contributed by atoms with Gasteiger partial charge in [-0.2, -0.15) is 0 Å². The van der Waals surface area contributed by atoms with Gasteiger partial charge in [0.1, 0.15) is 6.61 Å². The van der Waals surface area contributed by atoms with E-state index in [9.17, 15) is 4.79 Å². The van der Waals surface area contributed by atoms with Crippen LogP contribution in [0.2, 0.25) is 0 Å². The van der Waals surface area contributed by atoms with Gasteiger partial charge in [0.2, 0.25) is 5.91 Å². The Morgan fingerprint density at radius 1 is 1.30 bits per heavy atom. The molecule has 0 aliphatic rings. The number of nitrogens with zero attached hydrogens (tertiary/aromatic N) is 3. The monoisotopic (exact) mass is 392 g/mol. The van der Waals surface area contributed by atoms with Crippen molar-refractivity contribution >= 4 is 17.7 Å². The van der Waals surface area contributed by atoms with Crippen molar-refractivity contribution in [2.45, 2.75) is 24.9 Å². The number of thioether (sulfide) groups is 1. The van der Waals surface area contributed by atoms with Crippen molar-refractivity contribution in [3.05, 3.63) is 42.2 Å². The molecule has 1 aromatic heterocycles. The molecule has 0 spiro atoms. The molecule has 2 rings (SSSR count). The van der Waals surface area contributed by atoms with Crippen LogP contribution in [0.3, 0.4) is 0 Å². The lowest BCUT2D eigenvalue weighted by molar-refractivity contribution is -0.118. The minimum absolute atomic E-state index is 0.119. The molecule has 0 atom stereocenters. The maximum atomic E-state index is 12.2. The third-order valence-corrected chi connectivity index (χ3v) is 4.64. The smallest absolute Gasteiger partial charge is 0.230 e. The number of allylic oxidation sites excluding steroid dienone is 1. The molecule has 0 radical (unpaired) electrons. The van der Waals surface area contributed by atoms with E-state index in [2.05, 4.69) is 22.1 Å². The van der Waals surface area contributed by atoms with Gasteiger partial charge in [-0.15, -0.1) is 16.8 Å². The van der Waals surface area contributed by atoms with E-state index >= 15 is 0 Å². The summed E-state index contributed by atoms with van der Waals surface area (Å²) in [6, 6.07) is 5.54. The topological polar surface area (TPSA) is 87.5 Å². The van der Waals surface area contributed by atoms with E-state index in [4.69, 9.17) is 14.2 Å². The summed E-state index contributed by atoms with van der Waals surface area (Å²) < 4.78 is 17.6. The zero-order valence-electron chi connectivity index (χ0n) is 15.7. The number of carbonyl (C=O) groups is 1. The van der Waals surface area contributed by atoms with Crippen LogP contribution in [0.1, 0.15) is 11.4 Å². The second-order valence-electron chi connectivity index (χ2n) is 5.45. The summed E-state index contributed by atoms with van der Waals surface area (Å²) >= 11 is 1.31. The SMILES string of the molecule is C=CCn1c(COC)nnc1SCC(=O)NCc1cccc(OC)c1OC. The largest absolute Gasteiger partial charge is 0.493 e. The molecule has 1 amide bonds. The van der Waals surface area contributed by atoms with E-state index < -0.39 is 0 Å². The molecular weight excluding hydrogens is 368 g/mol. The van der Waals surface area contributed by atoms with Crippen LogP contribution in [-0.2, 0) is 29.2 Å². The predicted molar refractivity (Wildman–Crippen MR) is 103 cm³/mol. The van der Waals surface area contributed by atoms with Crippen molar-refractivity contribution < 1.29 is 19.0 Å². The molecule has 9 heteroatoms. The van der Waals surface area contributed by atoms with Gasteiger partial charge in [-0.25, -0.2) is 0 Å². The van der Waals surface area contributed by atoms with Gasteiger partial charge in [-0.3, -0.25) is 4.79 Å². The normalized spacial score (nSPS) is 10.5. The van der Waals surface area contributed by atoms with Crippen molar-refractivity contribution in [2.75, 3.05) is 27.1 Å². The Labute approximate surface area is 162 Å². The van der Waals surface area contributed by atoms with Crippen LogP contribution in [-0.4, -0.2) is 47.8 Å². The standard InChI is InChI=1S/C18H24N4O4S/c1-5-9-22-15(11-24-2)20-21-18(22)27-12-16(23)19-10-13-7-6-8-14(25-3)17(13)26-4/h5-8H,1,9-12H2,2-4H3,(H,19,23). The number of rotatable bonds is 11. The van der Waals surface area contributed by atoms with Gasteiger partial charge >= 0.3 is 0 Å². The van der Waals surface area contributed by atoms with Crippen LogP contribution < -0.4 is 14.8 Å². The quantitative estimate of drug-likeness (QED) is 0.462. The second kappa shape index (κ2) is 10.6. The Balaban J connectivity index is 1.95. The number of amides is 1. The average molecular weight is 392 g/mol.